The van der Waals surface area contributed by atoms with Crippen LogP contribution in [0.3, 0.4) is 0 Å². The van der Waals surface area contributed by atoms with Gasteiger partial charge in [-0.3, -0.25) is 4.90 Å². The van der Waals surface area contributed by atoms with Gasteiger partial charge in [-0.25, -0.2) is 0 Å². The zero-order chi connectivity index (χ0) is 16.2. The molecule has 0 aromatic heterocycles. The molecule has 4 nitrogen and oxygen atoms in total. The maximum Gasteiger partial charge on any atom is 0.573 e. The lowest BCUT2D eigenvalue weighted by molar-refractivity contribution is -0.274. The quantitative estimate of drug-likeness (QED) is 0.920. The molecule has 0 bridgehead atoms. The van der Waals surface area contributed by atoms with Gasteiger partial charge in [-0.05, 0) is 17.7 Å². The van der Waals surface area contributed by atoms with E-state index >= 15 is 0 Å². The van der Waals surface area contributed by atoms with Crippen molar-refractivity contribution >= 4 is 11.6 Å². The van der Waals surface area contributed by atoms with Crippen LogP contribution in [0.15, 0.2) is 18.2 Å². The third-order valence-corrected chi connectivity index (χ3v) is 3.74. The fourth-order valence-electron chi connectivity index (χ4n) is 2.47. The second-order valence-corrected chi connectivity index (χ2v) is 5.31. The van der Waals surface area contributed by atoms with E-state index in [0.29, 0.717) is 5.56 Å². The van der Waals surface area contributed by atoms with Crippen molar-refractivity contribution in [3.63, 3.8) is 0 Å². The van der Waals surface area contributed by atoms with Gasteiger partial charge in [0, 0.05) is 32.2 Å². The van der Waals surface area contributed by atoms with Crippen molar-refractivity contribution in [1.29, 1.82) is 5.26 Å². The van der Waals surface area contributed by atoms with Crippen LogP contribution in [0.1, 0.15) is 18.0 Å². The molecule has 0 saturated carbocycles. The van der Waals surface area contributed by atoms with Crippen molar-refractivity contribution in [1.82, 2.24) is 10.2 Å². The fourth-order valence-corrected chi connectivity index (χ4v) is 2.70. The molecule has 1 aliphatic rings. The Morgan fingerprint density at radius 2 is 2.05 bits per heavy atom. The minimum absolute atomic E-state index is 0.118. The lowest BCUT2D eigenvalue weighted by Crippen LogP contribution is -2.45. The number of halogens is 4. The van der Waals surface area contributed by atoms with Crippen molar-refractivity contribution in [3.8, 4) is 11.8 Å². The molecule has 1 saturated heterocycles. The Bertz CT molecular complexity index is 553. The second kappa shape index (κ2) is 7.18. The summed E-state index contributed by atoms with van der Waals surface area (Å²) in [4.78, 5) is 2.12. The van der Waals surface area contributed by atoms with E-state index in [-0.39, 0.29) is 17.5 Å². The van der Waals surface area contributed by atoms with Gasteiger partial charge in [0.15, 0.2) is 0 Å². The van der Waals surface area contributed by atoms with Crippen molar-refractivity contribution in [2.45, 2.75) is 18.8 Å². The first kappa shape index (κ1) is 16.9. The summed E-state index contributed by atoms with van der Waals surface area (Å²) in [6.45, 7) is 3.16. The van der Waals surface area contributed by atoms with Crippen molar-refractivity contribution < 1.29 is 17.9 Å². The SMILES string of the molecule is N#CC[C@@H](c1ccc(OC(F)(F)F)c(Cl)c1)N1CCNCC1. The van der Waals surface area contributed by atoms with Crippen LogP contribution in [0, 0.1) is 11.3 Å². The minimum Gasteiger partial charge on any atom is -0.404 e. The Balaban J connectivity index is 2.21. The smallest absolute Gasteiger partial charge is 0.404 e. The number of nitrogens with zero attached hydrogens (tertiary/aromatic N) is 2. The van der Waals surface area contributed by atoms with Gasteiger partial charge in [-0.1, -0.05) is 17.7 Å². The van der Waals surface area contributed by atoms with Gasteiger partial charge in [0.25, 0.3) is 0 Å². The molecule has 1 aromatic carbocycles. The van der Waals surface area contributed by atoms with E-state index in [4.69, 9.17) is 16.9 Å². The summed E-state index contributed by atoms with van der Waals surface area (Å²) in [5.41, 5.74) is 0.711. The Hall–Kier alpha value is -1.49. The number of ether oxygens (including phenoxy) is 1. The first-order valence-corrected chi connectivity index (χ1v) is 7.15. The molecular formula is C14H15ClF3N3O. The normalized spacial score (nSPS) is 17.8. The molecule has 2 rings (SSSR count). The van der Waals surface area contributed by atoms with Crippen molar-refractivity contribution in [2.75, 3.05) is 26.2 Å². The Labute approximate surface area is 131 Å². The highest BCUT2D eigenvalue weighted by Gasteiger charge is 2.32. The molecule has 22 heavy (non-hydrogen) atoms. The van der Waals surface area contributed by atoms with E-state index in [9.17, 15) is 13.2 Å². The van der Waals surface area contributed by atoms with Gasteiger partial charge in [-0.15, -0.1) is 13.2 Å². The van der Waals surface area contributed by atoms with Gasteiger partial charge < -0.3 is 10.1 Å². The number of piperazine rings is 1. The summed E-state index contributed by atoms with van der Waals surface area (Å²) in [6.07, 6.45) is -4.54. The van der Waals surface area contributed by atoms with Crippen LogP contribution in [0.5, 0.6) is 5.75 Å². The van der Waals surface area contributed by atoms with Gasteiger partial charge in [0.2, 0.25) is 0 Å². The number of hydrogen-bond donors (Lipinski definition) is 1. The number of nitriles is 1. The molecule has 8 heteroatoms. The van der Waals surface area contributed by atoms with E-state index in [1.165, 1.54) is 18.2 Å². The van der Waals surface area contributed by atoms with Crippen molar-refractivity contribution in [2.24, 2.45) is 0 Å². The molecular weight excluding hydrogens is 319 g/mol. The summed E-state index contributed by atoms with van der Waals surface area (Å²) in [6, 6.07) is 6.08. The summed E-state index contributed by atoms with van der Waals surface area (Å²) >= 11 is 5.88. The molecule has 1 heterocycles. The van der Waals surface area contributed by atoms with Gasteiger partial charge in [0.1, 0.15) is 5.75 Å². The standard InChI is InChI=1S/C14H15ClF3N3O/c15-11-9-10(1-2-13(11)22-14(16,17)18)12(3-4-19)21-7-5-20-6-8-21/h1-2,9,12,20H,3,5-8H2/t12-/m0/s1. The Morgan fingerprint density at radius 1 is 1.36 bits per heavy atom. The van der Waals surface area contributed by atoms with Crippen LogP contribution >= 0.6 is 11.6 Å². The zero-order valence-electron chi connectivity index (χ0n) is 11.7. The van der Waals surface area contributed by atoms with Gasteiger partial charge in [-0.2, -0.15) is 5.26 Å². The third-order valence-electron chi connectivity index (χ3n) is 3.44. The average Bonchev–Trinajstić information content (AvgIpc) is 2.47. The highest BCUT2D eigenvalue weighted by Crippen LogP contribution is 2.34. The molecule has 0 unspecified atom stereocenters. The number of nitrogens with one attached hydrogen (secondary N) is 1. The zero-order valence-corrected chi connectivity index (χ0v) is 12.4. The van der Waals surface area contributed by atoms with E-state index in [0.717, 1.165) is 26.2 Å². The van der Waals surface area contributed by atoms with Crippen LogP contribution in [0.2, 0.25) is 5.02 Å². The first-order chi connectivity index (χ1) is 10.4. The Morgan fingerprint density at radius 3 is 2.59 bits per heavy atom. The van der Waals surface area contributed by atoms with E-state index in [1.54, 1.807) is 0 Å². The summed E-state index contributed by atoms with van der Waals surface area (Å²) in [7, 11) is 0. The number of hydrogen-bond acceptors (Lipinski definition) is 4. The monoisotopic (exact) mass is 333 g/mol. The molecule has 1 N–H and O–H groups in total. The molecule has 1 atom stereocenters. The van der Waals surface area contributed by atoms with E-state index in [1.807, 2.05) is 0 Å². The lowest BCUT2D eigenvalue weighted by atomic mass is 10.0. The lowest BCUT2D eigenvalue weighted by Gasteiger charge is -2.34. The Kier molecular flexibility index (Phi) is 5.51. The van der Waals surface area contributed by atoms with Crippen LogP contribution in [-0.4, -0.2) is 37.4 Å². The van der Waals surface area contributed by atoms with Crippen LogP contribution in [-0.2, 0) is 0 Å². The number of alkyl halides is 3. The van der Waals surface area contributed by atoms with Crippen LogP contribution in [0.4, 0.5) is 13.2 Å². The van der Waals surface area contributed by atoms with Crippen molar-refractivity contribution in [3.05, 3.63) is 28.8 Å². The highest BCUT2D eigenvalue weighted by molar-refractivity contribution is 6.32. The van der Waals surface area contributed by atoms with Crippen LogP contribution in [0.25, 0.3) is 0 Å². The largest absolute Gasteiger partial charge is 0.573 e. The topological polar surface area (TPSA) is 48.3 Å². The molecule has 0 radical (unpaired) electrons. The summed E-state index contributed by atoms with van der Waals surface area (Å²) in [5.74, 6) is -0.436. The fraction of sp³-hybridized carbons (Fsp3) is 0.500. The van der Waals surface area contributed by atoms with E-state index < -0.39 is 12.1 Å². The first-order valence-electron chi connectivity index (χ1n) is 6.77. The molecule has 1 aliphatic heterocycles. The predicted octanol–water partition coefficient (Wildman–Crippen LogP) is 3.10. The molecule has 1 aromatic rings. The minimum atomic E-state index is -4.78. The van der Waals surface area contributed by atoms with E-state index in [2.05, 4.69) is 21.0 Å². The number of rotatable bonds is 4. The second-order valence-electron chi connectivity index (χ2n) is 4.90. The molecule has 0 spiro atoms. The third kappa shape index (κ3) is 4.50. The van der Waals surface area contributed by atoms with Gasteiger partial charge >= 0.3 is 6.36 Å². The summed E-state index contributed by atoms with van der Waals surface area (Å²) < 4.78 is 40.6. The molecule has 120 valence electrons. The predicted molar refractivity (Wildman–Crippen MR) is 75.5 cm³/mol. The molecule has 0 aliphatic carbocycles. The van der Waals surface area contributed by atoms with Gasteiger partial charge in [0.05, 0.1) is 17.5 Å². The highest BCUT2D eigenvalue weighted by atomic mass is 35.5. The number of benzene rings is 1. The molecule has 0 amide bonds. The molecule has 1 fully saturated rings. The van der Waals surface area contributed by atoms with Crippen LogP contribution < -0.4 is 10.1 Å². The summed E-state index contributed by atoms with van der Waals surface area (Å²) in [5, 5.41) is 12.1. The maximum absolute atomic E-state index is 12.3. The average molecular weight is 334 g/mol. The maximum atomic E-state index is 12.3.